The molecule has 0 aliphatic rings. The Labute approximate surface area is 169 Å². The molecule has 0 bridgehead atoms. The molecule has 0 aliphatic carbocycles. The zero-order valence-electron chi connectivity index (χ0n) is 16.6. The number of rotatable bonds is 15. The quantitative estimate of drug-likeness (QED) is 0.141. The van der Waals surface area contributed by atoms with Gasteiger partial charge in [-0.2, -0.15) is 34.8 Å². The fraction of sp³-hybridized carbons (Fsp3) is 0.778. The van der Waals surface area contributed by atoms with Gasteiger partial charge in [0.2, 0.25) is 0 Å². The molecule has 0 aromatic carbocycles. The van der Waals surface area contributed by atoms with E-state index in [2.05, 4.69) is 18.5 Å². The van der Waals surface area contributed by atoms with E-state index in [1.807, 2.05) is 19.1 Å². The average Bonchev–Trinajstić information content (AvgIpc) is 2.60. The Hall–Kier alpha value is -1.07. The number of hydrogen-bond donors (Lipinski definition) is 2. The minimum atomic E-state index is -6.65. The van der Waals surface area contributed by atoms with Crippen molar-refractivity contribution in [3.8, 4) is 0 Å². The maximum atomic E-state index is 13.3. The van der Waals surface area contributed by atoms with Gasteiger partial charge in [0, 0.05) is 19.5 Å². The van der Waals surface area contributed by atoms with Gasteiger partial charge in [0.05, 0.1) is 0 Å². The summed E-state index contributed by atoms with van der Waals surface area (Å²) in [5.41, 5.74) is 0. The SMILES string of the molecule is C=CCNCC=C.CCCCCCCCCC(F)(F)C(F)(F)C(F)(F)S(=O)(=O)O. The van der Waals surface area contributed by atoms with Crippen molar-refractivity contribution in [1.29, 1.82) is 0 Å². The fourth-order valence-corrected chi connectivity index (χ4v) is 2.60. The summed E-state index contributed by atoms with van der Waals surface area (Å²) in [4.78, 5) is 0. The Morgan fingerprint density at radius 2 is 1.28 bits per heavy atom. The molecular weight excluding hydrogens is 424 g/mol. The van der Waals surface area contributed by atoms with Crippen LogP contribution in [0.4, 0.5) is 26.3 Å². The Morgan fingerprint density at radius 3 is 1.66 bits per heavy atom. The van der Waals surface area contributed by atoms with Gasteiger partial charge in [-0.1, -0.05) is 57.6 Å². The third-order valence-electron chi connectivity index (χ3n) is 3.82. The summed E-state index contributed by atoms with van der Waals surface area (Å²) in [6, 6.07) is 0. The van der Waals surface area contributed by atoms with Gasteiger partial charge in [0.1, 0.15) is 0 Å². The molecular formula is C18H31F6NO3S. The lowest BCUT2D eigenvalue weighted by Crippen LogP contribution is -2.57. The zero-order chi connectivity index (χ0) is 23.2. The minimum Gasteiger partial charge on any atom is -0.310 e. The largest absolute Gasteiger partial charge is 0.437 e. The van der Waals surface area contributed by atoms with Crippen LogP contribution in [0.15, 0.2) is 25.3 Å². The predicted molar refractivity (Wildman–Crippen MR) is 102 cm³/mol. The highest BCUT2D eigenvalue weighted by molar-refractivity contribution is 7.87. The first kappa shape index (κ1) is 30.1. The van der Waals surface area contributed by atoms with Crippen molar-refractivity contribution >= 4 is 10.1 Å². The lowest BCUT2D eigenvalue weighted by atomic mass is 10.0. The molecule has 0 spiro atoms. The number of hydrogen-bond acceptors (Lipinski definition) is 3. The molecule has 0 aromatic heterocycles. The molecule has 29 heavy (non-hydrogen) atoms. The van der Waals surface area contributed by atoms with E-state index in [9.17, 15) is 34.8 Å². The highest BCUT2D eigenvalue weighted by Crippen LogP contribution is 2.50. The number of unbranched alkanes of at least 4 members (excludes halogenated alkanes) is 6. The van der Waals surface area contributed by atoms with Crippen LogP contribution >= 0.6 is 0 Å². The summed E-state index contributed by atoms with van der Waals surface area (Å²) in [7, 11) is -6.65. The average molecular weight is 456 g/mol. The van der Waals surface area contributed by atoms with Crippen molar-refractivity contribution in [2.75, 3.05) is 13.1 Å². The van der Waals surface area contributed by atoms with Gasteiger partial charge in [-0.15, -0.1) is 13.2 Å². The number of alkyl halides is 6. The van der Waals surface area contributed by atoms with Crippen LogP contribution in [-0.2, 0) is 10.1 Å². The molecule has 2 N–H and O–H groups in total. The topological polar surface area (TPSA) is 66.4 Å². The molecule has 174 valence electrons. The monoisotopic (exact) mass is 455 g/mol. The summed E-state index contributed by atoms with van der Waals surface area (Å²) < 4.78 is 107. The summed E-state index contributed by atoms with van der Waals surface area (Å²) >= 11 is 0. The van der Waals surface area contributed by atoms with Gasteiger partial charge in [0.25, 0.3) is 0 Å². The second kappa shape index (κ2) is 14.0. The number of halogens is 6. The van der Waals surface area contributed by atoms with E-state index in [-0.39, 0.29) is 6.42 Å². The van der Waals surface area contributed by atoms with Gasteiger partial charge >= 0.3 is 27.2 Å². The summed E-state index contributed by atoms with van der Waals surface area (Å²) in [5.74, 6) is -11.4. The van der Waals surface area contributed by atoms with Gasteiger partial charge in [-0.3, -0.25) is 4.55 Å². The third kappa shape index (κ3) is 10.5. The van der Waals surface area contributed by atoms with Crippen LogP contribution < -0.4 is 5.32 Å². The van der Waals surface area contributed by atoms with Crippen LogP contribution in [0.25, 0.3) is 0 Å². The molecule has 0 fully saturated rings. The lowest BCUT2D eigenvalue weighted by Gasteiger charge is -2.30. The summed E-state index contributed by atoms with van der Waals surface area (Å²) in [6.07, 6.45) is 5.76. The van der Waals surface area contributed by atoms with Crippen LogP contribution in [0, 0.1) is 0 Å². The van der Waals surface area contributed by atoms with Crippen molar-refractivity contribution in [3.63, 3.8) is 0 Å². The molecule has 0 aliphatic heterocycles. The third-order valence-corrected chi connectivity index (χ3v) is 4.72. The van der Waals surface area contributed by atoms with E-state index in [1.54, 1.807) is 0 Å². The van der Waals surface area contributed by atoms with Gasteiger partial charge in [-0.05, 0) is 6.42 Å². The summed E-state index contributed by atoms with van der Waals surface area (Å²) in [5, 5.41) is -3.20. The Bertz CT molecular complexity index is 560. The minimum absolute atomic E-state index is 0.146. The van der Waals surface area contributed by atoms with E-state index >= 15 is 0 Å². The van der Waals surface area contributed by atoms with Crippen molar-refractivity contribution in [2.24, 2.45) is 0 Å². The van der Waals surface area contributed by atoms with Crippen molar-refractivity contribution < 1.29 is 39.3 Å². The van der Waals surface area contributed by atoms with E-state index in [0.717, 1.165) is 38.8 Å². The van der Waals surface area contributed by atoms with E-state index in [4.69, 9.17) is 4.55 Å². The highest BCUT2D eigenvalue weighted by Gasteiger charge is 2.76. The second-order valence-electron chi connectivity index (χ2n) is 6.38. The molecule has 0 saturated carbocycles. The molecule has 0 amide bonds. The first-order chi connectivity index (χ1) is 13.2. The molecule has 0 saturated heterocycles. The molecule has 0 heterocycles. The van der Waals surface area contributed by atoms with Crippen LogP contribution in [0.5, 0.6) is 0 Å². The first-order valence-corrected chi connectivity index (χ1v) is 10.7. The zero-order valence-corrected chi connectivity index (χ0v) is 17.4. The number of nitrogens with one attached hydrogen (secondary N) is 1. The molecule has 0 aromatic rings. The first-order valence-electron chi connectivity index (χ1n) is 9.25. The molecule has 4 nitrogen and oxygen atoms in total. The predicted octanol–water partition coefficient (Wildman–Crippen LogP) is 5.83. The maximum absolute atomic E-state index is 13.3. The summed E-state index contributed by atoms with van der Waals surface area (Å²) in [6.45, 7) is 10.8. The lowest BCUT2D eigenvalue weighted by molar-refractivity contribution is -0.282. The van der Waals surface area contributed by atoms with Gasteiger partial charge < -0.3 is 5.32 Å². The standard InChI is InChI=1S/C12H20F6O3S.C6H11N/c1-2-3-4-5-6-7-8-9-10(13,14)11(15,16)12(17,18)22(19,20)21;1-3-5-7-6-4-2/h2-9H2,1H3,(H,19,20,21);3-4,7H,1-2,5-6H2. The Morgan fingerprint density at radius 1 is 0.862 bits per heavy atom. The van der Waals surface area contributed by atoms with E-state index in [0.29, 0.717) is 6.42 Å². The van der Waals surface area contributed by atoms with Crippen LogP contribution in [0.1, 0.15) is 58.3 Å². The second-order valence-corrected chi connectivity index (χ2v) is 7.84. The molecule has 0 radical (unpaired) electrons. The molecule has 0 atom stereocenters. The Balaban J connectivity index is 0. The maximum Gasteiger partial charge on any atom is 0.437 e. The van der Waals surface area contributed by atoms with E-state index < -0.39 is 40.1 Å². The normalized spacial score (nSPS) is 12.8. The van der Waals surface area contributed by atoms with Crippen LogP contribution in [-0.4, -0.2) is 43.2 Å². The molecule has 0 rings (SSSR count). The molecule has 0 unspecified atom stereocenters. The van der Waals surface area contributed by atoms with Crippen molar-refractivity contribution in [1.82, 2.24) is 5.32 Å². The van der Waals surface area contributed by atoms with Crippen LogP contribution in [0.2, 0.25) is 0 Å². The van der Waals surface area contributed by atoms with Crippen molar-refractivity contribution in [2.45, 2.75) is 75.4 Å². The highest BCUT2D eigenvalue weighted by atomic mass is 32.2. The smallest absolute Gasteiger partial charge is 0.310 e. The van der Waals surface area contributed by atoms with Crippen LogP contribution in [0.3, 0.4) is 0 Å². The fourth-order valence-electron chi connectivity index (χ4n) is 2.12. The van der Waals surface area contributed by atoms with E-state index in [1.165, 1.54) is 0 Å². The van der Waals surface area contributed by atoms with Gasteiger partial charge in [0.15, 0.2) is 0 Å². The molecule has 11 heteroatoms. The Kier molecular flexibility index (Phi) is 14.6. The van der Waals surface area contributed by atoms with Gasteiger partial charge in [-0.25, -0.2) is 0 Å². The van der Waals surface area contributed by atoms with Crippen molar-refractivity contribution in [3.05, 3.63) is 25.3 Å².